The second-order valence-electron chi connectivity index (χ2n) is 18.4. The number of fused-ring (bicyclic) bond motifs is 5. The van der Waals surface area contributed by atoms with Gasteiger partial charge in [0.1, 0.15) is 6.10 Å². The van der Waals surface area contributed by atoms with E-state index in [1.807, 2.05) is 0 Å². The predicted octanol–water partition coefficient (Wildman–Crippen LogP) is 14.1. The standard InChI is InChI=1S/C45H80O2/c1-7-8-9-10-11-12-13-14-15-16-17-18-19-20-21-25-43(46)47-38-30-32-44(5)37(34-38)26-27-39-41-29-28-40(36(4)24-22-23-35(2)3)45(41,6)33-31-42(39)44/h14-15,35-42H,7-13,16-34H2,1-6H3/b15-14-/t36-,37+,38+,39+,40-,41+,42+,44+,45-/m1/s1/i43+2. The largest absolute Gasteiger partial charge is 0.462 e. The molecule has 4 fully saturated rings. The number of carbonyl (C=O) groups is 1. The lowest BCUT2D eigenvalue weighted by Crippen LogP contribution is -2.54. The number of rotatable bonds is 21. The summed E-state index contributed by atoms with van der Waals surface area (Å²) in [6.07, 6.45) is 38.9. The fourth-order valence-electron chi connectivity index (χ4n) is 11.9. The molecule has 0 aromatic rings. The zero-order valence-electron chi connectivity index (χ0n) is 32.5. The molecule has 4 aliphatic carbocycles. The van der Waals surface area contributed by atoms with Gasteiger partial charge < -0.3 is 4.74 Å². The summed E-state index contributed by atoms with van der Waals surface area (Å²) in [7, 11) is 0. The first-order valence-corrected chi connectivity index (χ1v) is 21.5. The second-order valence-corrected chi connectivity index (χ2v) is 18.4. The van der Waals surface area contributed by atoms with Crippen LogP contribution in [0.3, 0.4) is 0 Å². The monoisotopic (exact) mass is 655 g/mol. The van der Waals surface area contributed by atoms with Crippen molar-refractivity contribution >= 4 is 5.97 Å². The van der Waals surface area contributed by atoms with Crippen LogP contribution >= 0.6 is 0 Å². The van der Waals surface area contributed by atoms with Crippen molar-refractivity contribution in [3.05, 3.63) is 12.2 Å². The molecule has 0 bridgehead atoms. The molecule has 0 spiro atoms. The summed E-state index contributed by atoms with van der Waals surface area (Å²) in [6, 6.07) is 0. The fraction of sp³-hybridized carbons (Fsp3) is 0.933. The molecule has 0 N–H and O–H groups in total. The number of hydrogen-bond donors (Lipinski definition) is 0. The first-order valence-electron chi connectivity index (χ1n) is 21.5. The fourth-order valence-corrected chi connectivity index (χ4v) is 11.9. The molecule has 9 atom stereocenters. The zero-order chi connectivity index (χ0) is 33.7. The number of hydrogen-bond acceptors (Lipinski definition) is 2. The van der Waals surface area contributed by atoms with Gasteiger partial charge in [0.2, 0.25) is 0 Å². The summed E-state index contributed by atoms with van der Waals surface area (Å²) in [5.41, 5.74) is 1.05. The smallest absolute Gasteiger partial charge is 0.306 e. The summed E-state index contributed by atoms with van der Waals surface area (Å²) < 4.78 is 6.17. The van der Waals surface area contributed by atoms with Gasteiger partial charge in [-0.05, 0) is 142 Å². The minimum absolute atomic E-state index is 0.0814. The summed E-state index contributed by atoms with van der Waals surface area (Å²) in [5, 5.41) is 0. The topological polar surface area (TPSA) is 26.3 Å². The van der Waals surface area contributed by atoms with Crippen molar-refractivity contribution in [2.75, 3.05) is 0 Å². The van der Waals surface area contributed by atoms with Gasteiger partial charge in [-0.3, -0.25) is 4.79 Å². The minimum atomic E-state index is 0.0814. The van der Waals surface area contributed by atoms with Gasteiger partial charge in [-0.15, -0.1) is 0 Å². The molecule has 0 heterocycles. The van der Waals surface area contributed by atoms with Gasteiger partial charge in [0.25, 0.3) is 0 Å². The highest BCUT2D eigenvalue weighted by molar-refractivity contribution is 5.69. The Morgan fingerprint density at radius 1 is 0.702 bits per heavy atom. The van der Waals surface area contributed by atoms with Crippen LogP contribution in [0.5, 0.6) is 0 Å². The molecule has 0 saturated heterocycles. The molecular formula is C45H80O2. The number of unbranched alkanes of at least 4 members (excludes halogenated alkanes) is 11. The van der Waals surface area contributed by atoms with Crippen molar-refractivity contribution in [1.29, 1.82) is 0 Å². The lowest BCUT2D eigenvalue weighted by Gasteiger charge is -2.61. The van der Waals surface area contributed by atoms with Gasteiger partial charge in [-0.2, -0.15) is 0 Å². The van der Waals surface area contributed by atoms with Crippen molar-refractivity contribution in [2.45, 2.75) is 215 Å². The predicted molar refractivity (Wildman–Crippen MR) is 202 cm³/mol. The van der Waals surface area contributed by atoms with Crippen molar-refractivity contribution in [2.24, 2.45) is 52.3 Å². The molecule has 4 rings (SSSR count). The molecule has 272 valence electrons. The van der Waals surface area contributed by atoms with E-state index in [9.17, 15) is 4.79 Å². The highest BCUT2D eigenvalue weighted by Gasteiger charge is 2.60. The molecule has 0 unspecified atom stereocenters. The van der Waals surface area contributed by atoms with E-state index in [2.05, 4.69) is 53.7 Å². The molecule has 0 aliphatic heterocycles. The van der Waals surface area contributed by atoms with E-state index in [1.54, 1.807) is 0 Å². The molecule has 0 amide bonds. The quantitative estimate of drug-likeness (QED) is 0.0699. The first kappa shape index (κ1) is 39.0. The van der Waals surface area contributed by atoms with Gasteiger partial charge in [0.05, 0.1) is 0 Å². The van der Waals surface area contributed by atoms with E-state index in [1.165, 1.54) is 141 Å². The van der Waals surface area contributed by atoms with Gasteiger partial charge in [0, 0.05) is 6.42 Å². The highest BCUT2D eigenvalue weighted by atomic mass is 16.8. The zero-order valence-corrected chi connectivity index (χ0v) is 32.5. The Labute approximate surface area is 293 Å². The van der Waals surface area contributed by atoms with Crippen molar-refractivity contribution in [3.8, 4) is 0 Å². The van der Waals surface area contributed by atoms with Crippen LogP contribution in [-0.2, 0) is 9.53 Å². The van der Waals surface area contributed by atoms with Gasteiger partial charge in [-0.1, -0.05) is 124 Å². The maximum atomic E-state index is 12.8. The van der Waals surface area contributed by atoms with Crippen molar-refractivity contribution in [3.63, 3.8) is 0 Å². The van der Waals surface area contributed by atoms with Crippen LogP contribution < -0.4 is 0 Å². The Bertz CT molecular complexity index is 921. The molecule has 0 radical (unpaired) electrons. The van der Waals surface area contributed by atoms with Crippen LogP contribution in [0.4, 0.5) is 0 Å². The number of carbonyl (C=O) groups excluding carboxylic acids is 1. The number of allylic oxidation sites excluding steroid dienone is 2. The van der Waals surface area contributed by atoms with E-state index in [0.717, 1.165) is 60.7 Å². The lowest BCUT2D eigenvalue weighted by molar-refractivity contribution is -0.162. The van der Waals surface area contributed by atoms with Crippen LogP contribution in [0.15, 0.2) is 12.2 Å². The Balaban J connectivity index is 1.10. The maximum Gasteiger partial charge on any atom is 0.306 e. The molecule has 2 heteroatoms. The second kappa shape index (κ2) is 19.6. The van der Waals surface area contributed by atoms with Gasteiger partial charge >= 0.3 is 5.97 Å². The Hall–Kier alpha value is -0.790. The third-order valence-corrected chi connectivity index (χ3v) is 14.8. The van der Waals surface area contributed by atoms with Crippen LogP contribution in [-0.4, -0.2) is 12.1 Å². The van der Waals surface area contributed by atoms with Crippen molar-refractivity contribution < 1.29 is 9.53 Å². The molecule has 4 aliphatic rings. The van der Waals surface area contributed by atoms with Gasteiger partial charge in [0.15, 0.2) is 0 Å². The van der Waals surface area contributed by atoms with Crippen LogP contribution in [0.2, 0.25) is 0 Å². The Morgan fingerprint density at radius 3 is 2.04 bits per heavy atom. The molecule has 47 heavy (non-hydrogen) atoms. The summed E-state index contributed by atoms with van der Waals surface area (Å²) in [6.45, 7) is 15.0. The van der Waals surface area contributed by atoms with E-state index >= 15 is 0 Å². The van der Waals surface area contributed by atoms with Gasteiger partial charge in [-0.25, -0.2) is 0 Å². The first-order chi connectivity index (χ1) is 22.7. The van der Waals surface area contributed by atoms with E-state index in [-0.39, 0.29) is 12.1 Å². The van der Waals surface area contributed by atoms with Crippen LogP contribution in [0.1, 0.15) is 208 Å². The van der Waals surface area contributed by atoms with Crippen LogP contribution in [0.25, 0.3) is 0 Å². The third-order valence-electron chi connectivity index (χ3n) is 14.8. The van der Waals surface area contributed by atoms with Crippen molar-refractivity contribution in [1.82, 2.24) is 0 Å². The Kier molecular flexibility index (Phi) is 16.2. The average Bonchev–Trinajstić information content (AvgIpc) is 3.40. The highest BCUT2D eigenvalue weighted by Crippen LogP contribution is 2.68. The number of ether oxygens (including phenoxy) is 1. The maximum absolute atomic E-state index is 12.8. The van der Waals surface area contributed by atoms with E-state index in [4.69, 9.17) is 4.74 Å². The lowest BCUT2D eigenvalue weighted by atomic mass is 9.44. The minimum Gasteiger partial charge on any atom is -0.462 e. The average molecular weight is 655 g/mol. The molecular weight excluding hydrogens is 574 g/mol. The molecule has 4 saturated carbocycles. The van der Waals surface area contributed by atoms with Crippen LogP contribution in [0, 0.1) is 52.3 Å². The number of esters is 1. The summed E-state index contributed by atoms with van der Waals surface area (Å²) >= 11 is 0. The SMILES string of the molecule is CCCCCCCC/C=C\CCCCCCC[14C](=O)O[C@H]1CC[C@@]2(C)[C@@H](CC[C@@H]3[C@@H]2CC[C@]2(C)[C@@H]([C@H](C)CCCC(C)C)CC[C@@H]32)C1. The molecule has 0 aromatic heterocycles. The summed E-state index contributed by atoms with van der Waals surface area (Å²) in [5.74, 6) is 6.33. The molecule has 0 aromatic carbocycles. The third kappa shape index (κ3) is 10.8. The van der Waals surface area contributed by atoms with E-state index < -0.39 is 0 Å². The summed E-state index contributed by atoms with van der Waals surface area (Å²) in [4.78, 5) is 12.8. The normalized spacial score (nSPS) is 34.3. The van der Waals surface area contributed by atoms with E-state index in [0.29, 0.717) is 17.3 Å². The molecule has 2 nitrogen and oxygen atoms in total. The Morgan fingerprint density at radius 2 is 1.34 bits per heavy atom.